The highest BCUT2D eigenvalue weighted by Gasteiger charge is 2.54. The highest BCUT2D eigenvalue weighted by atomic mass is 16.8. The number of unbranched alkanes of at least 4 members (excludes halogenated alkanes) is 5. The number of rotatable bonds is 17. The summed E-state index contributed by atoms with van der Waals surface area (Å²) in [7, 11) is 0. The molecule has 15 atom stereocenters. The molecule has 0 bridgehead atoms. The van der Waals surface area contributed by atoms with Gasteiger partial charge in [-0.05, 0) is 6.42 Å². The van der Waals surface area contributed by atoms with E-state index in [1.54, 1.807) is 0 Å². The summed E-state index contributed by atoms with van der Waals surface area (Å²) in [5.74, 6) is -1.26. The molecule has 280 valence electrons. The molecule has 0 radical (unpaired) electrons. The molecular formula is C30H54N2O16. The maximum absolute atomic E-state index is 12.3. The molecule has 10 N–H and O–H groups in total. The van der Waals surface area contributed by atoms with E-state index in [4.69, 9.17) is 28.4 Å². The Morgan fingerprint density at radius 1 is 0.583 bits per heavy atom. The third-order valence-electron chi connectivity index (χ3n) is 8.66. The molecule has 0 aliphatic carbocycles. The first kappa shape index (κ1) is 40.8. The van der Waals surface area contributed by atoms with Crippen molar-refractivity contribution in [3.63, 3.8) is 0 Å². The third kappa shape index (κ3) is 10.5. The number of aliphatic hydroxyl groups is 8. The summed E-state index contributed by atoms with van der Waals surface area (Å²) in [6.07, 6.45) is -13.9. The number of amides is 2. The summed E-state index contributed by atoms with van der Waals surface area (Å²) in [5, 5.41) is 88.7. The number of carbonyl (C=O) groups is 2. The van der Waals surface area contributed by atoms with Gasteiger partial charge < -0.3 is 79.9 Å². The second-order valence-electron chi connectivity index (χ2n) is 12.4. The second kappa shape index (κ2) is 19.7. The Balaban J connectivity index is 1.82. The first-order chi connectivity index (χ1) is 22.9. The first-order valence-corrected chi connectivity index (χ1v) is 16.5. The van der Waals surface area contributed by atoms with Crippen molar-refractivity contribution in [3.8, 4) is 0 Å². The van der Waals surface area contributed by atoms with Crippen LogP contribution in [0.1, 0.15) is 59.3 Å². The Bertz CT molecular complexity index is 981. The van der Waals surface area contributed by atoms with Crippen molar-refractivity contribution in [3.05, 3.63) is 0 Å². The number of hydrogen-bond acceptors (Lipinski definition) is 16. The molecule has 0 unspecified atom stereocenters. The Morgan fingerprint density at radius 3 is 1.58 bits per heavy atom. The molecule has 3 rings (SSSR count). The maximum atomic E-state index is 12.3. The zero-order valence-corrected chi connectivity index (χ0v) is 27.6. The van der Waals surface area contributed by atoms with Crippen molar-refractivity contribution < 1.29 is 78.9 Å². The van der Waals surface area contributed by atoms with Crippen molar-refractivity contribution in [2.75, 3.05) is 26.4 Å². The lowest BCUT2D eigenvalue weighted by atomic mass is 9.94. The first-order valence-electron chi connectivity index (χ1n) is 16.5. The van der Waals surface area contributed by atoms with Crippen LogP contribution in [0, 0.1) is 0 Å². The highest BCUT2D eigenvalue weighted by Crippen LogP contribution is 2.33. The monoisotopic (exact) mass is 698 g/mol. The van der Waals surface area contributed by atoms with Gasteiger partial charge in [-0.1, -0.05) is 39.0 Å². The molecule has 3 fully saturated rings. The maximum Gasteiger partial charge on any atom is 0.217 e. The molecule has 0 spiro atoms. The van der Waals surface area contributed by atoms with Crippen LogP contribution in [-0.4, -0.2) is 171 Å². The van der Waals surface area contributed by atoms with E-state index in [0.717, 1.165) is 46.0 Å². The predicted molar refractivity (Wildman–Crippen MR) is 162 cm³/mol. The van der Waals surface area contributed by atoms with Gasteiger partial charge in [-0.25, -0.2) is 0 Å². The van der Waals surface area contributed by atoms with E-state index < -0.39 is 124 Å². The quantitative estimate of drug-likeness (QED) is 0.0650. The molecule has 18 nitrogen and oxygen atoms in total. The van der Waals surface area contributed by atoms with E-state index in [0.29, 0.717) is 6.42 Å². The van der Waals surface area contributed by atoms with Gasteiger partial charge in [0.2, 0.25) is 11.8 Å². The summed E-state index contributed by atoms with van der Waals surface area (Å²) in [5.41, 5.74) is 0. The minimum atomic E-state index is -1.73. The van der Waals surface area contributed by atoms with Gasteiger partial charge in [-0.2, -0.15) is 0 Å². The van der Waals surface area contributed by atoms with Gasteiger partial charge in [-0.15, -0.1) is 0 Å². The summed E-state index contributed by atoms with van der Waals surface area (Å²) in [6, 6.07) is -2.83. The van der Waals surface area contributed by atoms with Crippen molar-refractivity contribution in [2.45, 2.75) is 151 Å². The van der Waals surface area contributed by atoms with Gasteiger partial charge in [0.1, 0.15) is 73.1 Å². The molecule has 18 heteroatoms. The van der Waals surface area contributed by atoms with Crippen LogP contribution < -0.4 is 10.6 Å². The van der Waals surface area contributed by atoms with Gasteiger partial charge in [0.15, 0.2) is 18.9 Å². The van der Waals surface area contributed by atoms with E-state index in [9.17, 15) is 50.4 Å². The van der Waals surface area contributed by atoms with Gasteiger partial charge in [0.25, 0.3) is 0 Å². The van der Waals surface area contributed by atoms with E-state index in [1.165, 1.54) is 0 Å². The number of hydrogen-bond donors (Lipinski definition) is 10. The van der Waals surface area contributed by atoms with Crippen molar-refractivity contribution in [1.29, 1.82) is 0 Å². The topological polar surface area (TPSA) is 275 Å². The molecule has 3 saturated heterocycles. The fourth-order valence-electron chi connectivity index (χ4n) is 6.05. The lowest BCUT2D eigenvalue weighted by Gasteiger charge is -2.49. The average Bonchev–Trinajstić information content (AvgIpc) is 3.05. The van der Waals surface area contributed by atoms with Gasteiger partial charge in [0, 0.05) is 20.5 Å². The summed E-state index contributed by atoms with van der Waals surface area (Å²) < 4.78 is 35.1. The Hall–Kier alpha value is -1.62. The lowest BCUT2D eigenvalue weighted by Crippen LogP contribution is -2.70. The molecule has 48 heavy (non-hydrogen) atoms. The van der Waals surface area contributed by atoms with Crippen molar-refractivity contribution in [1.82, 2.24) is 10.6 Å². The van der Waals surface area contributed by atoms with Gasteiger partial charge in [0.05, 0.1) is 19.8 Å². The number of nitrogens with one attached hydrogen (secondary N) is 2. The van der Waals surface area contributed by atoms with Crippen LogP contribution in [-0.2, 0) is 38.0 Å². The van der Waals surface area contributed by atoms with E-state index >= 15 is 0 Å². The van der Waals surface area contributed by atoms with Crippen LogP contribution in [0.3, 0.4) is 0 Å². The number of carbonyl (C=O) groups excluding carboxylic acids is 2. The van der Waals surface area contributed by atoms with Crippen LogP contribution in [0.25, 0.3) is 0 Å². The predicted octanol–water partition coefficient (Wildman–Crippen LogP) is -3.90. The van der Waals surface area contributed by atoms with E-state index in [2.05, 4.69) is 17.6 Å². The van der Waals surface area contributed by atoms with Gasteiger partial charge >= 0.3 is 0 Å². The van der Waals surface area contributed by atoms with Crippen LogP contribution >= 0.6 is 0 Å². The Kier molecular flexibility index (Phi) is 16.7. The smallest absolute Gasteiger partial charge is 0.217 e. The third-order valence-corrected chi connectivity index (χ3v) is 8.66. The fourth-order valence-corrected chi connectivity index (χ4v) is 6.05. The standard InChI is InChI=1S/C30H54N2O16/c1-4-5-6-7-8-9-10-43-30-27(25(42)22(39)17(12-34)45-30)48-29-20(32-15(3)37)24(41)26(18(13-35)46-29)47-28-19(31-14(2)36)23(40)21(38)16(11-33)44-28/h16-30,33-35,38-42H,4-13H2,1-3H3,(H,31,36)(H,32,37)/t16-,17-,18-,19-,20-,21+,22-,23-,24-,25+,26-,27+,28+,29+,30+/m1/s1. The Labute approximate surface area is 279 Å². The zero-order valence-electron chi connectivity index (χ0n) is 27.6. The van der Waals surface area contributed by atoms with E-state index in [1.807, 2.05) is 0 Å². The van der Waals surface area contributed by atoms with Crippen LogP contribution in [0.4, 0.5) is 0 Å². The second-order valence-corrected chi connectivity index (χ2v) is 12.4. The van der Waals surface area contributed by atoms with E-state index in [-0.39, 0.29) is 6.61 Å². The Morgan fingerprint density at radius 2 is 1.04 bits per heavy atom. The minimum Gasteiger partial charge on any atom is -0.394 e. The lowest BCUT2D eigenvalue weighted by molar-refractivity contribution is -0.367. The molecule has 0 aromatic carbocycles. The molecule has 2 amide bonds. The summed E-state index contributed by atoms with van der Waals surface area (Å²) in [4.78, 5) is 24.1. The molecule has 3 heterocycles. The number of aliphatic hydroxyl groups excluding tert-OH is 8. The largest absolute Gasteiger partial charge is 0.394 e. The SMILES string of the molecule is CCCCCCCCO[C@H]1O[C@H](CO)[C@@H](O)[C@H](O)[C@@H]1O[C@@H]1O[C@H](CO)[C@@H](O[C@@H]2O[C@H](CO)[C@H](O)[C@H](O)[C@H]2NC(C)=O)[C@H](O)[C@H]1NC(C)=O. The molecule has 3 aliphatic heterocycles. The van der Waals surface area contributed by atoms with Crippen molar-refractivity contribution in [2.24, 2.45) is 0 Å². The van der Waals surface area contributed by atoms with Crippen LogP contribution in [0.5, 0.6) is 0 Å². The van der Waals surface area contributed by atoms with Gasteiger partial charge in [-0.3, -0.25) is 9.59 Å². The zero-order chi connectivity index (χ0) is 35.5. The molecule has 3 aliphatic rings. The number of ether oxygens (including phenoxy) is 6. The minimum absolute atomic E-state index is 0.197. The molecule has 0 saturated carbocycles. The summed E-state index contributed by atoms with van der Waals surface area (Å²) in [6.45, 7) is 2.44. The molecule has 0 aromatic rings. The molecular weight excluding hydrogens is 644 g/mol. The average molecular weight is 699 g/mol. The normalized spacial score (nSPS) is 40.4. The molecule has 0 aromatic heterocycles. The highest BCUT2D eigenvalue weighted by molar-refractivity contribution is 5.73. The van der Waals surface area contributed by atoms with Crippen LogP contribution in [0.2, 0.25) is 0 Å². The van der Waals surface area contributed by atoms with Crippen LogP contribution in [0.15, 0.2) is 0 Å². The fraction of sp³-hybridized carbons (Fsp3) is 0.933. The summed E-state index contributed by atoms with van der Waals surface area (Å²) >= 11 is 0. The van der Waals surface area contributed by atoms with Crippen molar-refractivity contribution >= 4 is 11.8 Å².